The van der Waals surface area contributed by atoms with Crippen molar-refractivity contribution in [1.82, 2.24) is 30.0 Å². The minimum absolute atomic E-state index is 0.204. The molecule has 5 N–H and O–H groups in total. The Morgan fingerprint density at radius 2 is 1.97 bits per heavy atom. The van der Waals surface area contributed by atoms with Crippen molar-refractivity contribution in [2.45, 2.75) is 32.2 Å². The Hall–Kier alpha value is -4.44. The topological polar surface area (TPSA) is 136 Å². The minimum atomic E-state index is -0.204. The number of benzene rings is 2. The van der Waals surface area contributed by atoms with E-state index in [0.29, 0.717) is 46.2 Å². The Labute approximate surface area is 219 Å². The van der Waals surface area contributed by atoms with Gasteiger partial charge < -0.3 is 25.7 Å². The van der Waals surface area contributed by atoms with E-state index in [-0.39, 0.29) is 11.8 Å². The van der Waals surface area contributed by atoms with Gasteiger partial charge in [-0.25, -0.2) is 9.97 Å². The number of piperidine rings is 1. The summed E-state index contributed by atoms with van der Waals surface area (Å²) in [5, 5.41) is 15.6. The number of aromatic amines is 1. The summed E-state index contributed by atoms with van der Waals surface area (Å²) in [5.74, 6) is 1.73. The van der Waals surface area contributed by atoms with Gasteiger partial charge in [0.1, 0.15) is 23.1 Å². The molecule has 4 heterocycles. The third-order valence-electron chi connectivity index (χ3n) is 7.26. The number of nitrogens with zero attached hydrogens (tertiary/aromatic N) is 4. The van der Waals surface area contributed by atoms with Gasteiger partial charge in [0.25, 0.3) is 5.91 Å². The summed E-state index contributed by atoms with van der Waals surface area (Å²) in [6, 6.07) is 15.4. The number of carbonyl (C=O) groups excluding carboxylic acids is 1. The molecule has 1 fully saturated rings. The molecule has 0 spiro atoms. The van der Waals surface area contributed by atoms with Crippen LogP contribution in [-0.2, 0) is 6.54 Å². The largest absolute Gasteiger partial charge is 0.495 e. The molecule has 1 aliphatic heterocycles. The van der Waals surface area contributed by atoms with Gasteiger partial charge in [-0.2, -0.15) is 5.10 Å². The number of hydrogen-bond acceptors (Lipinski definition) is 7. The molecule has 0 radical (unpaired) electrons. The quantitative estimate of drug-likeness (QED) is 0.267. The molecule has 0 unspecified atom stereocenters. The number of anilines is 2. The van der Waals surface area contributed by atoms with Gasteiger partial charge in [-0.15, -0.1) is 0 Å². The molecule has 0 aliphatic carbocycles. The molecule has 5 aromatic rings. The third kappa shape index (κ3) is 4.12. The fourth-order valence-electron chi connectivity index (χ4n) is 5.32. The molecule has 1 amide bonds. The van der Waals surface area contributed by atoms with Crippen molar-refractivity contribution in [3.8, 4) is 17.0 Å². The zero-order chi connectivity index (χ0) is 26.2. The van der Waals surface area contributed by atoms with E-state index in [1.165, 1.54) is 0 Å². The predicted octanol–water partition coefficient (Wildman–Crippen LogP) is 4.30. The average Bonchev–Trinajstić information content (AvgIpc) is 3.56. The van der Waals surface area contributed by atoms with Crippen LogP contribution < -0.4 is 21.1 Å². The van der Waals surface area contributed by atoms with E-state index in [1.807, 2.05) is 60.0 Å². The smallest absolute Gasteiger partial charge is 0.272 e. The number of amides is 1. The Balaban J connectivity index is 1.31. The van der Waals surface area contributed by atoms with Gasteiger partial charge >= 0.3 is 0 Å². The van der Waals surface area contributed by atoms with Crippen LogP contribution in [0.3, 0.4) is 0 Å². The molecule has 1 saturated heterocycles. The number of rotatable bonds is 6. The van der Waals surface area contributed by atoms with Gasteiger partial charge in [0.15, 0.2) is 5.65 Å². The number of H-pyrrole nitrogens is 1. The summed E-state index contributed by atoms with van der Waals surface area (Å²) in [7, 11) is 1.58. The number of hydrogen-bond donors (Lipinski definition) is 4. The monoisotopic (exact) mass is 510 g/mol. The fraction of sp³-hybridized carbons (Fsp3) is 0.286. The highest BCUT2D eigenvalue weighted by Crippen LogP contribution is 2.36. The maximum Gasteiger partial charge on any atom is 0.272 e. The first-order valence-corrected chi connectivity index (χ1v) is 12.9. The number of nitrogen functional groups attached to an aromatic ring is 1. The number of fused-ring (bicyclic) bond motifs is 2. The Bertz CT molecular complexity index is 1650. The average molecular weight is 511 g/mol. The van der Waals surface area contributed by atoms with Gasteiger partial charge in [-0.05, 0) is 57.1 Å². The lowest BCUT2D eigenvalue weighted by atomic mass is 9.97. The Morgan fingerprint density at radius 3 is 2.76 bits per heavy atom. The molecule has 10 heteroatoms. The van der Waals surface area contributed by atoms with Gasteiger partial charge in [-0.3, -0.25) is 9.89 Å². The molecular weight excluding hydrogens is 480 g/mol. The second-order valence-electron chi connectivity index (χ2n) is 9.49. The number of ether oxygens (including phenoxy) is 1. The highest BCUT2D eigenvalue weighted by Gasteiger charge is 2.23. The highest BCUT2D eigenvalue weighted by atomic mass is 16.5. The van der Waals surface area contributed by atoms with Crippen molar-refractivity contribution in [2.75, 3.05) is 31.2 Å². The van der Waals surface area contributed by atoms with E-state index in [9.17, 15) is 4.79 Å². The van der Waals surface area contributed by atoms with Gasteiger partial charge in [0.2, 0.25) is 0 Å². The summed E-state index contributed by atoms with van der Waals surface area (Å²) in [5.41, 5.74) is 10.7. The van der Waals surface area contributed by atoms with Crippen LogP contribution in [-0.4, -0.2) is 50.8 Å². The first-order chi connectivity index (χ1) is 18.6. The molecule has 2 aromatic carbocycles. The Kier molecular flexibility index (Phi) is 6.16. The molecule has 0 bridgehead atoms. The molecular formula is C28H30N8O2. The van der Waals surface area contributed by atoms with Crippen molar-refractivity contribution >= 4 is 39.3 Å². The zero-order valence-corrected chi connectivity index (χ0v) is 21.4. The minimum Gasteiger partial charge on any atom is -0.495 e. The van der Waals surface area contributed by atoms with E-state index in [2.05, 4.69) is 25.8 Å². The lowest BCUT2D eigenvalue weighted by Gasteiger charge is -2.21. The van der Waals surface area contributed by atoms with Crippen molar-refractivity contribution in [3.05, 3.63) is 60.0 Å². The van der Waals surface area contributed by atoms with Crippen LogP contribution in [0.5, 0.6) is 5.75 Å². The molecule has 0 atom stereocenters. The summed E-state index contributed by atoms with van der Waals surface area (Å²) >= 11 is 0. The molecule has 38 heavy (non-hydrogen) atoms. The number of aryl methyl sites for hydroxylation is 1. The zero-order valence-electron chi connectivity index (χ0n) is 21.4. The summed E-state index contributed by atoms with van der Waals surface area (Å²) < 4.78 is 7.66. The first-order valence-electron chi connectivity index (χ1n) is 12.9. The van der Waals surface area contributed by atoms with Crippen LogP contribution in [0.25, 0.3) is 33.2 Å². The van der Waals surface area contributed by atoms with Gasteiger partial charge in [0, 0.05) is 28.9 Å². The van der Waals surface area contributed by atoms with E-state index in [4.69, 9.17) is 15.5 Å². The summed E-state index contributed by atoms with van der Waals surface area (Å²) in [4.78, 5) is 22.6. The van der Waals surface area contributed by atoms with Crippen LogP contribution in [0.2, 0.25) is 0 Å². The number of methoxy groups -OCH3 is 1. The maximum absolute atomic E-state index is 13.3. The summed E-state index contributed by atoms with van der Waals surface area (Å²) in [6.07, 6.45) is 1.96. The number of aromatic nitrogens is 5. The standard InChI is InChI=1S/C28H30N8O2/c1-3-36-20-7-5-4-6-17(20)14-21(36)28(37)31-19-9-8-18(15-22(19)38-2)24-23-25(29)32-26(33-27(23)35-34-24)16-10-12-30-13-11-16/h4-9,14-16,30H,3,10-13H2,1-2H3,(H,31,37)(H3,29,32,33,34,35). The third-order valence-corrected chi connectivity index (χ3v) is 7.26. The SMILES string of the molecule is CCn1c(C(=O)Nc2ccc(-c3[nH]nc4nc(C5CCNCC5)nc(N)c34)cc2OC)cc2ccccc21. The number of para-hydroxylation sites is 1. The molecule has 194 valence electrons. The van der Waals surface area contributed by atoms with E-state index >= 15 is 0 Å². The molecule has 0 saturated carbocycles. The fourth-order valence-corrected chi connectivity index (χ4v) is 5.32. The van der Waals surface area contributed by atoms with Crippen molar-refractivity contribution < 1.29 is 9.53 Å². The lowest BCUT2D eigenvalue weighted by molar-refractivity contribution is 0.101. The number of nitrogens with two attached hydrogens (primary N) is 1. The molecule has 10 nitrogen and oxygen atoms in total. The van der Waals surface area contributed by atoms with E-state index in [1.54, 1.807) is 7.11 Å². The van der Waals surface area contributed by atoms with E-state index < -0.39 is 0 Å². The van der Waals surface area contributed by atoms with Gasteiger partial charge in [0.05, 0.1) is 23.9 Å². The van der Waals surface area contributed by atoms with Gasteiger partial charge in [-0.1, -0.05) is 24.3 Å². The van der Waals surface area contributed by atoms with Crippen LogP contribution in [0.4, 0.5) is 11.5 Å². The van der Waals surface area contributed by atoms with E-state index in [0.717, 1.165) is 48.2 Å². The summed E-state index contributed by atoms with van der Waals surface area (Å²) in [6.45, 7) is 4.60. The molecule has 3 aromatic heterocycles. The second kappa shape index (κ2) is 9.79. The molecule has 1 aliphatic rings. The van der Waals surface area contributed by atoms with Crippen LogP contribution in [0, 0.1) is 0 Å². The second-order valence-corrected chi connectivity index (χ2v) is 9.49. The lowest BCUT2D eigenvalue weighted by Crippen LogP contribution is -2.27. The van der Waals surface area contributed by atoms with Crippen LogP contribution in [0.1, 0.15) is 42.0 Å². The maximum atomic E-state index is 13.3. The number of carbonyl (C=O) groups is 1. The Morgan fingerprint density at radius 1 is 1.16 bits per heavy atom. The van der Waals surface area contributed by atoms with Crippen LogP contribution >= 0.6 is 0 Å². The van der Waals surface area contributed by atoms with Crippen molar-refractivity contribution in [3.63, 3.8) is 0 Å². The first kappa shape index (κ1) is 23.9. The number of nitrogens with one attached hydrogen (secondary N) is 3. The van der Waals surface area contributed by atoms with Crippen molar-refractivity contribution in [1.29, 1.82) is 0 Å². The predicted molar refractivity (Wildman–Crippen MR) is 148 cm³/mol. The normalized spacial score (nSPS) is 14.3. The highest BCUT2D eigenvalue weighted by molar-refractivity contribution is 6.07. The molecule has 6 rings (SSSR count). The van der Waals surface area contributed by atoms with Crippen LogP contribution in [0.15, 0.2) is 48.5 Å². The van der Waals surface area contributed by atoms with Crippen molar-refractivity contribution in [2.24, 2.45) is 0 Å².